The summed E-state index contributed by atoms with van der Waals surface area (Å²) in [7, 11) is 0. The maximum Gasteiger partial charge on any atom is 0.427 e. The van der Waals surface area contributed by atoms with E-state index in [4.69, 9.17) is 9.84 Å². The molecule has 0 unspecified atom stereocenters. The minimum absolute atomic E-state index is 0.0629. The molecule has 2 rings (SSSR count). The minimum Gasteiger partial charge on any atom is -0.478 e. The lowest BCUT2D eigenvalue weighted by atomic mass is 10.1. The molecule has 0 aliphatic rings. The van der Waals surface area contributed by atoms with Gasteiger partial charge in [0, 0.05) is 5.56 Å². The monoisotopic (exact) mass is 356 g/mol. The van der Waals surface area contributed by atoms with Crippen LogP contribution in [0.5, 0.6) is 0 Å². The van der Waals surface area contributed by atoms with Crippen LogP contribution in [0.1, 0.15) is 41.5 Å². The molecule has 0 heterocycles. The Morgan fingerprint density at radius 2 is 1.46 bits per heavy atom. The Morgan fingerprint density at radius 1 is 0.923 bits per heavy atom. The molecule has 0 aliphatic heterocycles. The van der Waals surface area contributed by atoms with Gasteiger partial charge in [0.15, 0.2) is 0 Å². The molecule has 0 fully saturated rings. The van der Waals surface area contributed by atoms with Crippen molar-refractivity contribution < 1.29 is 24.2 Å². The van der Waals surface area contributed by atoms with Crippen LogP contribution in [0, 0.1) is 0 Å². The number of hydrogen-bond donors (Lipinski definition) is 2. The van der Waals surface area contributed by atoms with Gasteiger partial charge in [-0.15, -0.1) is 0 Å². The van der Waals surface area contributed by atoms with E-state index in [0.717, 1.165) is 5.01 Å². The molecule has 26 heavy (non-hydrogen) atoms. The lowest BCUT2D eigenvalue weighted by molar-refractivity contribution is 0.0510. The van der Waals surface area contributed by atoms with E-state index in [1.807, 2.05) is 0 Å². The Morgan fingerprint density at radius 3 is 1.96 bits per heavy atom. The Balaban J connectivity index is 2.29. The lowest BCUT2D eigenvalue weighted by Gasteiger charge is -2.26. The molecule has 0 bridgehead atoms. The van der Waals surface area contributed by atoms with Crippen molar-refractivity contribution in [1.29, 1.82) is 0 Å². The quantitative estimate of drug-likeness (QED) is 0.821. The highest BCUT2D eigenvalue weighted by molar-refractivity contribution is 6.07. The number of anilines is 1. The van der Waals surface area contributed by atoms with E-state index in [1.54, 1.807) is 51.1 Å². The van der Waals surface area contributed by atoms with Gasteiger partial charge in [-0.2, -0.15) is 0 Å². The summed E-state index contributed by atoms with van der Waals surface area (Å²) in [4.78, 5) is 35.9. The van der Waals surface area contributed by atoms with Crippen LogP contribution in [0.2, 0.25) is 0 Å². The molecule has 0 aromatic heterocycles. The summed E-state index contributed by atoms with van der Waals surface area (Å²) >= 11 is 0. The molecule has 2 N–H and O–H groups in total. The molecule has 136 valence electrons. The minimum atomic E-state index is -1.09. The van der Waals surface area contributed by atoms with Crippen molar-refractivity contribution in [3.8, 4) is 0 Å². The third-order valence-electron chi connectivity index (χ3n) is 3.20. The predicted octanol–water partition coefficient (Wildman–Crippen LogP) is 3.47. The van der Waals surface area contributed by atoms with Gasteiger partial charge in [-0.1, -0.05) is 18.2 Å². The van der Waals surface area contributed by atoms with Crippen LogP contribution in [-0.4, -0.2) is 28.7 Å². The highest BCUT2D eigenvalue weighted by Gasteiger charge is 2.23. The third kappa shape index (κ3) is 5.07. The van der Waals surface area contributed by atoms with Crippen molar-refractivity contribution in [1.82, 2.24) is 5.43 Å². The van der Waals surface area contributed by atoms with Gasteiger partial charge in [-0.25, -0.2) is 20.0 Å². The number of nitrogens with zero attached hydrogens (tertiary/aromatic N) is 1. The number of hydrogen-bond acceptors (Lipinski definition) is 4. The zero-order chi connectivity index (χ0) is 19.3. The summed E-state index contributed by atoms with van der Waals surface area (Å²) in [5.74, 6) is -1.62. The fourth-order valence-corrected chi connectivity index (χ4v) is 2.09. The summed E-state index contributed by atoms with van der Waals surface area (Å²) < 4.78 is 5.20. The number of ether oxygens (including phenoxy) is 1. The van der Waals surface area contributed by atoms with Gasteiger partial charge in [0.25, 0.3) is 5.91 Å². The van der Waals surface area contributed by atoms with Gasteiger partial charge in [-0.3, -0.25) is 4.79 Å². The summed E-state index contributed by atoms with van der Waals surface area (Å²) in [5, 5.41) is 10.0. The Kier molecular flexibility index (Phi) is 5.61. The largest absolute Gasteiger partial charge is 0.478 e. The van der Waals surface area contributed by atoms with E-state index in [1.165, 1.54) is 24.3 Å². The Hall–Kier alpha value is -3.35. The van der Waals surface area contributed by atoms with E-state index in [2.05, 4.69) is 5.43 Å². The Labute approximate surface area is 151 Å². The van der Waals surface area contributed by atoms with Crippen molar-refractivity contribution in [2.75, 3.05) is 5.01 Å². The topological polar surface area (TPSA) is 95.9 Å². The van der Waals surface area contributed by atoms with Gasteiger partial charge < -0.3 is 9.84 Å². The van der Waals surface area contributed by atoms with Crippen molar-refractivity contribution in [3.63, 3.8) is 0 Å². The average Bonchev–Trinajstić information content (AvgIpc) is 2.58. The zero-order valence-corrected chi connectivity index (χ0v) is 14.7. The van der Waals surface area contributed by atoms with Gasteiger partial charge in [0.05, 0.1) is 11.3 Å². The molecule has 0 spiro atoms. The normalized spacial score (nSPS) is 10.7. The number of hydrazine groups is 1. The van der Waals surface area contributed by atoms with Crippen molar-refractivity contribution in [2.24, 2.45) is 0 Å². The maximum absolute atomic E-state index is 12.8. The third-order valence-corrected chi connectivity index (χ3v) is 3.20. The van der Waals surface area contributed by atoms with Gasteiger partial charge in [0.1, 0.15) is 5.60 Å². The molecule has 7 heteroatoms. The summed E-state index contributed by atoms with van der Waals surface area (Å²) in [6.45, 7) is 5.14. The van der Waals surface area contributed by atoms with Crippen molar-refractivity contribution >= 4 is 23.7 Å². The van der Waals surface area contributed by atoms with Crippen LogP contribution in [0.4, 0.5) is 10.5 Å². The number of carbonyl (C=O) groups excluding carboxylic acids is 2. The second-order valence-electron chi connectivity index (χ2n) is 6.47. The summed E-state index contributed by atoms with van der Waals surface area (Å²) in [6.07, 6.45) is -0.781. The molecule has 0 atom stereocenters. The van der Waals surface area contributed by atoms with Crippen LogP contribution >= 0.6 is 0 Å². The van der Waals surface area contributed by atoms with Crippen LogP contribution in [0.25, 0.3) is 0 Å². The number of rotatable bonds is 3. The number of nitrogens with one attached hydrogen (secondary N) is 1. The van der Waals surface area contributed by atoms with E-state index < -0.39 is 23.6 Å². The second kappa shape index (κ2) is 7.69. The summed E-state index contributed by atoms with van der Waals surface area (Å²) in [6, 6.07) is 14.0. The van der Waals surface area contributed by atoms with Crippen molar-refractivity contribution in [3.05, 3.63) is 65.7 Å². The zero-order valence-electron chi connectivity index (χ0n) is 14.7. The smallest absolute Gasteiger partial charge is 0.427 e. The highest BCUT2D eigenvalue weighted by atomic mass is 16.6. The first-order valence-electron chi connectivity index (χ1n) is 7.90. The van der Waals surface area contributed by atoms with Crippen LogP contribution in [0.15, 0.2) is 54.6 Å². The fraction of sp³-hybridized carbons (Fsp3) is 0.211. The highest BCUT2D eigenvalue weighted by Crippen LogP contribution is 2.16. The molecule has 2 amide bonds. The summed E-state index contributed by atoms with van der Waals surface area (Å²) in [5.41, 5.74) is 2.42. The molecule has 0 radical (unpaired) electrons. The molecule has 7 nitrogen and oxygen atoms in total. The molecule has 2 aromatic rings. The number of carboxylic acids is 1. The van der Waals surface area contributed by atoms with E-state index in [9.17, 15) is 14.4 Å². The first kappa shape index (κ1) is 19.0. The van der Waals surface area contributed by atoms with Crippen LogP contribution in [-0.2, 0) is 4.74 Å². The van der Waals surface area contributed by atoms with E-state index in [0.29, 0.717) is 5.69 Å². The van der Waals surface area contributed by atoms with Gasteiger partial charge in [-0.05, 0) is 57.2 Å². The maximum atomic E-state index is 12.8. The van der Waals surface area contributed by atoms with Crippen LogP contribution < -0.4 is 10.4 Å². The van der Waals surface area contributed by atoms with Gasteiger partial charge in [0.2, 0.25) is 0 Å². The van der Waals surface area contributed by atoms with Gasteiger partial charge >= 0.3 is 12.1 Å². The van der Waals surface area contributed by atoms with Crippen molar-refractivity contribution in [2.45, 2.75) is 26.4 Å². The number of carbonyl (C=O) groups is 3. The first-order valence-corrected chi connectivity index (χ1v) is 7.90. The Bertz CT molecular complexity index is 795. The molecular weight excluding hydrogens is 336 g/mol. The van der Waals surface area contributed by atoms with E-state index in [-0.39, 0.29) is 11.1 Å². The molecule has 0 saturated carbocycles. The number of aromatic carboxylic acids is 1. The van der Waals surface area contributed by atoms with E-state index >= 15 is 0 Å². The first-order chi connectivity index (χ1) is 12.2. The lowest BCUT2D eigenvalue weighted by Crippen LogP contribution is -2.48. The molecule has 2 aromatic carbocycles. The standard InChI is InChI=1S/C19H20N2O5/c1-19(2,3)26-18(25)20-21(15-7-5-4-6-8-15)16(22)13-9-11-14(12-10-13)17(23)24/h4-12H,1-3H3,(H,20,25)(H,23,24). The van der Waals surface area contributed by atoms with Crippen LogP contribution in [0.3, 0.4) is 0 Å². The number of benzene rings is 2. The number of amides is 2. The number of para-hydroxylation sites is 1. The SMILES string of the molecule is CC(C)(C)OC(=O)NN(C(=O)c1ccc(C(=O)O)cc1)c1ccccc1. The average molecular weight is 356 g/mol. The number of carboxylic acid groups (broad SMARTS) is 1. The molecule has 0 aliphatic carbocycles. The fourth-order valence-electron chi connectivity index (χ4n) is 2.09. The molecular formula is C19H20N2O5. The second-order valence-corrected chi connectivity index (χ2v) is 6.47. The predicted molar refractivity (Wildman–Crippen MR) is 96.0 cm³/mol. The molecule has 0 saturated heterocycles.